The summed E-state index contributed by atoms with van der Waals surface area (Å²) in [5.74, 6) is -2.21. The lowest BCUT2D eigenvalue weighted by Gasteiger charge is -2.30. The standard InChI is InChI=1S/C36H36O9/c1-40-31(26-18-10-5-11-19-26)34(37)43-24-29(44-35(38)32(41-2)27-20-12-6-13-21-27)30(25-16-8-4-9-17-25)45-36(39)33(42-3)28-22-14-7-15-23-28/h4-23,29-33H,24H2,1-3H3/t29-,30-,31-,32-,33-/m0/s1. The first-order valence-corrected chi connectivity index (χ1v) is 14.3. The molecule has 4 rings (SSSR count). The third kappa shape index (κ3) is 8.86. The second kappa shape index (κ2) is 16.9. The summed E-state index contributed by atoms with van der Waals surface area (Å²) in [7, 11) is 4.17. The fourth-order valence-corrected chi connectivity index (χ4v) is 4.81. The first kappa shape index (κ1) is 33.1. The van der Waals surface area contributed by atoms with Gasteiger partial charge in [-0.15, -0.1) is 0 Å². The quantitative estimate of drug-likeness (QED) is 0.120. The number of methoxy groups -OCH3 is 3. The summed E-state index contributed by atoms with van der Waals surface area (Å²) in [5, 5.41) is 0. The van der Waals surface area contributed by atoms with Crippen molar-refractivity contribution in [1.29, 1.82) is 0 Å². The van der Waals surface area contributed by atoms with E-state index in [9.17, 15) is 14.4 Å². The van der Waals surface area contributed by atoms with E-state index >= 15 is 0 Å². The monoisotopic (exact) mass is 612 g/mol. The van der Waals surface area contributed by atoms with Crippen molar-refractivity contribution in [2.24, 2.45) is 0 Å². The van der Waals surface area contributed by atoms with Gasteiger partial charge in [0.25, 0.3) is 0 Å². The lowest BCUT2D eigenvalue weighted by atomic mass is 10.0. The van der Waals surface area contributed by atoms with Gasteiger partial charge < -0.3 is 28.4 Å². The van der Waals surface area contributed by atoms with Crippen LogP contribution < -0.4 is 0 Å². The highest BCUT2D eigenvalue weighted by Crippen LogP contribution is 2.30. The van der Waals surface area contributed by atoms with E-state index in [1.165, 1.54) is 21.3 Å². The molecule has 0 spiro atoms. The van der Waals surface area contributed by atoms with Gasteiger partial charge in [0.15, 0.2) is 30.5 Å². The number of benzene rings is 4. The molecule has 0 amide bonds. The maximum Gasteiger partial charge on any atom is 0.340 e. The predicted molar refractivity (Wildman–Crippen MR) is 165 cm³/mol. The van der Waals surface area contributed by atoms with Crippen LogP contribution in [0.3, 0.4) is 0 Å². The molecule has 0 aromatic heterocycles. The summed E-state index contributed by atoms with van der Waals surface area (Å²) in [4.78, 5) is 40.5. The Morgan fingerprint density at radius 2 is 0.800 bits per heavy atom. The van der Waals surface area contributed by atoms with Gasteiger partial charge in [-0.05, 0) is 22.3 Å². The van der Waals surface area contributed by atoms with E-state index in [4.69, 9.17) is 28.4 Å². The molecule has 0 unspecified atom stereocenters. The summed E-state index contributed by atoms with van der Waals surface area (Å²) in [5.41, 5.74) is 2.22. The van der Waals surface area contributed by atoms with Crippen molar-refractivity contribution in [3.8, 4) is 0 Å². The summed E-state index contributed by atoms with van der Waals surface area (Å²) in [6.07, 6.45) is -5.67. The molecule has 9 nitrogen and oxygen atoms in total. The zero-order valence-electron chi connectivity index (χ0n) is 25.3. The Hall–Kier alpha value is -4.83. The smallest absolute Gasteiger partial charge is 0.340 e. The molecule has 5 atom stereocenters. The van der Waals surface area contributed by atoms with E-state index in [1.807, 2.05) is 18.2 Å². The number of hydrogen-bond acceptors (Lipinski definition) is 9. The van der Waals surface area contributed by atoms with Gasteiger partial charge in [0.1, 0.15) is 6.61 Å². The van der Waals surface area contributed by atoms with E-state index in [0.717, 1.165) is 0 Å². The number of esters is 3. The Morgan fingerprint density at radius 1 is 0.467 bits per heavy atom. The minimum Gasteiger partial charge on any atom is -0.459 e. The van der Waals surface area contributed by atoms with Gasteiger partial charge in [-0.3, -0.25) is 0 Å². The third-order valence-electron chi connectivity index (χ3n) is 7.02. The minimum absolute atomic E-state index is 0.460. The van der Waals surface area contributed by atoms with Crippen molar-refractivity contribution in [3.63, 3.8) is 0 Å². The molecule has 0 aliphatic carbocycles. The molecule has 0 heterocycles. The van der Waals surface area contributed by atoms with Gasteiger partial charge in [0.2, 0.25) is 0 Å². The molecule has 234 valence electrons. The molecule has 4 aromatic carbocycles. The summed E-state index contributed by atoms with van der Waals surface area (Å²) < 4.78 is 34.1. The van der Waals surface area contributed by atoms with Gasteiger partial charge >= 0.3 is 17.9 Å². The first-order chi connectivity index (χ1) is 22.0. The highest BCUT2D eigenvalue weighted by atomic mass is 16.6. The van der Waals surface area contributed by atoms with Crippen LogP contribution in [0.2, 0.25) is 0 Å². The zero-order valence-corrected chi connectivity index (χ0v) is 25.3. The second-order valence-corrected chi connectivity index (χ2v) is 9.95. The molecule has 0 fully saturated rings. The number of carbonyl (C=O) groups is 3. The summed E-state index contributed by atoms with van der Waals surface area (Å²) in [6, 6.07) is 35.2. The Morgan fingerprint density at radius 3 is 1.18 bits per heavy atom. The van der Waals surface area contributed by atoms with Crippen LogP contribution in [0.4, 0.5) is 0 Å². The molecule has 0 bridgehead atoms. The van der Waals surface area contributed by atoms with Crippen molar-refractivity contribution in [3.05, 3.63) is 144 Å². The Balaban J connectivity index is 1.67. The Bertz CT molecular complexity index is 1480. The van der Waals surface area contributed by atoms with Gasteiger partial charge in [0.05, 0.1) is 0 Å². The predicted octanol–water partition coefficient (Wildman–Crippen LogP) is 5.89. The summed E-state index contributed by atoms with van der Waals surface area (Å²) >= 11 is 0. The topological polar surface area (TPSA) is 107 Å². The largest absolute Gasteiger partial charge is 0.459 e. The Labute approximate surface area is 262 Å². The van der Waals surface area contributed by atoms with Crippen molar-refractivity contribution in [2.75, 3.05) is 27.9 Å². The fourth-order valence-electron chi connectivity index (χ4n) is 4.81. The first-order valence-electron chi connectivity index (χ1n) is 14.3. The van der Waals surface area contributed by atoms with E-state index in [-0.39, 0.29) is 0 Å². The van der Waals surface area contributed by atoms with Crippen molar-refractivity contribution in [2.45, 2.75) is 30.5 Å². The molecule has 0 saturated heterocycles. The molecule has 0 N–H and O–H groups in total. The third-order valence-corrected chi connectivity index (χ3v) is 7.02. The molecule has 0 aliphatic heterocycles. The molecule has 45 heavy (non-hydrogen) atoms. The van der Waals surface area contributed by atoms with Gasteiger partial charge in [-0.1, -0.05) is 121 Å². The van der Waals surface area contributed by atoms with Crippen LogP contribution >= 0.6 is 0 Å². The summed E-state index contributed by atoms with van der Waals surface area (Å²) in [6.45, 7) is -0.460. The van der Waals surface area contributed by atoms with Crippen LogP contribution in [0.1, 0.15) is 46.7 Å². The van der Waals surface area contributed by atoms with Crippen LogP contribution in [0.25, 0.3) is 0 Å². The van der Waals surface area contributed by atoms with Gasteiger partial charge in [-0.25, -0.2) is 14.4 Å². The highest BCUT2D eigenvalue weighted by Gasteiger charge is 2.37. The maximum absolute atomic E-state index is 13.6. The number of hydrogen-bond donors (Lipinski definition) is 0. The van der Waals surface area contributed by atoms with Crippen molar-refractivity contribution < 1.29 is 42.8 Å². The van der Waals surface area contributed by atoms with Crippen LogP contribution in [-0.4, -0.2) is 51.9 Å². The van der Waals surface area contributed by atoms with Gasteiger partial charge in [0, 0.05) is 21.3 Å². The number of rotatable bonds is 15. The van der Waals surface area contributed by atoms with Crippen LogP contribution in [0.15, 0.2) is 121 Å². The molecule has 0 saturated carbocycles. The fraction of sp³-hybridized carbons (Fsp3) is 0.250. The number of ether oxygens (including phenoxy) is 6. The zero-order chi connectivity index (χ0) is 32.0. The molecule has 0 radical (unpaired) electrons. The van der Waals surface area contributed by atoms with Crippen molar-refractivity contribution >= 4 is 17.9 Å². The van der Waals surface area contributed by atoms with E-state index < -0.39 is 55.0 Å². The minimum atomic E-state index is -1.28. The van der Waals surface area contributed by atoms with Crippen LogP contribution in [-0.2, 0) is 42.8 Å². The van der Waals surface area contributed by atoms with Gasteiger partial charge in [-0.2, -0.15) is 0 Å². The van der Waals surface area contributed by atoms with E-state index in [1.54, 1.807) is 103 Å². The lowest BCUT2D eigenvalue weighted by molar-refractivity contribution is -0.189. The maximum atomic E-state index is 13.6. The average Bonchev–Trinajstić information content (AvgIpc) is 3.08. The Kier molecular flexibility index (Phi) is 12.4. The molecular weight excluding hydrogens is 576 g/mol. The van der Waals surface area contributed by atoms with E-state index in [2.05, 4.69) is 0 Å². The molecule has 9 heteroatoms. The molecular formula is C36H36O9. The average molecular weight is 613 g/mol. The highest BCUT2D eigenvalue weighted by molar-refractivity contribution is 5.78. The van der Waals surface area contributed by atoms with Crippen LogP contribution in [0, 0.1) is 0 Å². The molecule has 4 aromatic rings. The second-order valence-electron chi connectivity index (χ2n) is 9.95. The molecule has 0 aliphatic rings. The normalized spacial score (nSPS) is 14.3. The number of carbonyl (C=O) groups excluding carboxylic acids is 3. The SMILES string of the molecule is CO[C@H](C(=O)OC[C@H](OC(=O)[C@@H](OC)c1ccccc1)[C@@H](OC(=O)[C@@H](OC)c1ccccc1)c1ccccc1)c1ccccc1. The van der Waals surface area contributed by atoms with Crippen molar-refractivity contribution in [1.82, 2.24) is 0 Å². The lowest BCUT2D eigenvalue weighted by Crippen LogP contribution is -2.37. The van der Waals surface area contributed by atoms with E-state index in [0.29, 0.717) is 22.3 Å². The van der Waals surface area contributed by atoms with Crippen LogP contribution in [0.5, 0.6) is 0 Å².